The van der Waals surface area contributed by atoms with Crippen molar-refractivity contribution in [2.24, 2.45) is 34.5 Å². The predicted molar refractivity (Wildman–Crippen MR) is 93.4 cm³/mol. The zero-order chi connectivity index (χ0) is 16.9. The van der Waals surface area contributed by atoms with Crippen LogP contribution < -0.4 is 0 Å². The third-order valence-electron chi connectivity index (χ3n) is 8.34. The van der Waals surface area contributed by atoms with E-state index in [9.17, 15) is 4.79 Å². The lowest BCUT2D eigenvalue weighted by Gasteiger charge is -2.58. The summed E-state index contributed by atoms with van der Waals surface area (Å²) >= 11 is 0. The normalized spacial score (nSPS) is 50.3. The number of allylic oxidation sites excluding steroid dienone is 2. The number of ketones is 1. The van der Waals surface area contributed by atoms with Gasteiger partial charge in [0.25, 0.3) is 0 Å². The molecule has 0 amide bonds. The number of carbonyl (C=O) groups is 1. The van der Waals surface area contributed by atoms with E-state index >= 15 is 0 Å². The first-order chi connectivity index (χ1) is 11.5. The fourth-order valence-corrected chi connectivity index (χ4v) is 7.01. The summed E-state index contributed by atoms with van der Waals surface area (Å²) in [5, 5.41) is 0. The zero-order valence-electron chi connectivity index (χ0n) is 15.4. The van der Waals surface area contributed by atoms with Crippen LogP contribution in [0.4, 0.5) is 0 Å². The topological polar surface area (TPSA) is 35.5 Å². The molecule has 24 heavy (non-hydrogen) atoms. The van der Waals surface area contributed by atoms with E-state index in [-0.39, 0.29) is 5.41 Å². The van der Waals surface area contributed by atoms with Crippen LogP contribution in [0.25, 0.3) is 0 Å². The highest BCUT2D eigenvalue weighted by molar-refractivity contribution is 5.91. The van der Waals surface area contributed by atoms with Crippen LogP contribution in [0.3, 0.4) is 0 Å². The first-order valence-corrected chi connectivity index (χ1v) is 9.81. The summed E-state index contributed by atoms with van der Waals surface area (Å²) in [4.78, 5) is 11.9. The monoisotopic (exact) mass is 332 g/mol. The molecule has 0 heterocycles. The Morgan fingerprint density at radius 1 is 1.12 bits per heavy atom. The summed E-state index contributed by atoms with van der Waals surface area (Å²) in [6, 6.07) is 0. The van der Waals surface area contributed by atoms with Crippen LogP contribution in [0.15, 0.2) is 12.2 Å². The van der Waals surface area contributed by atoms with Crippen molar-refractivity contribution < 1.29 is 14.3 Å². The minimum absolute atomic E-state index is 0.240. The summed E-state index contributed by atoms with van der Waals surface area (Å²) < 4.78 is 11.2. The van der Waals surface area contributed by atoms with E-state index < -0.39 is 0 Å². The summed E-state index contributed by atoms with van der Waals surface area (Å²) in [7, 11) is 1.71. The summed E-state index contributed by atoms with van der Waals surface area (Å²) in [6.45, 7) is 5.33. The third-order valence-corrected chi connectivity index (χ3v) is 8.34. The van der Waals surface area contributed by atoms with Gasteiger partial charge in [0.15, 0.2) is 5.78 Å². The Morgan fingerprint density at radius 2 is 1.96 bits per heavy atom. The van der Waals surface area contributed by atoms with Crippen LogP contribution in [-0.4, -0.2) is 25.8 Å². The smallest absolute Gasteiger partial charge is 0.155 e. The number of carbonyl (C=O) groups excluding carboxylic acids is 1. The molecule has 0 saturated heterocycles. The van der Waals surface area contributed by atoms with Gasteiger partial charge in [-0.3, -0.25) is 4.79 Å². The highest BCUT2D eigenvalue weighted by Gasteiger charge is 2.59. The maximum Gasteiger partial charge on any atom is 0.155 e. The molecule has 134 valence electrons. The van der Waals surface area contributed by atoms with Crippen molar-refractivity contribution in [3.05, 3.63) is 12.2 Å². The van der Waals surface area contributed by atoms with Crippen molar-refractivity contribution in [2.45, 2.75) is 64.9 Å². The van der Waals surface area contributed by atoms with Gasteiger partial charge in [0.2, 0.25) is 0 Å². The molecular formula is C21H32O3. The van der Waals surface area contributed by atoms with Gasteiger partial charge in [0.1, 0.15) is 6.79 Å². The molecule has 0 aromatic heterocycles. The van der Waals surface area contributed by atoms with Gasteiger partial charge in [-0.25, -0.2) is 0 Å². The fourth-order valence-electron chi connectivity index (χ4n) is 7.01. The van der Waals surface area contributed by atoms with E-state index in [1.165, 1.54) is 38.5 Å². The number of hydrogen-bond acceptors (Lipinski definition) is 3. The Balaban J connectivity index is 1.58. The van der Waals surface area contributed by atoms with Crippen molar-refractivity contribution in [2.75, 3.05) is 13.9 Å². The van der Waals surface area contributed by atoms with E-state index in [1.54, 1.807) is 7.11 Å². The summed E-state index contributed by atoms with van der Waals surface area (Å²) in [5.41, 5.74) is 0.556. The average molecular weight is 332 g/mol. The first-order valence-electron chi connectivity index (χ1n) is 9.81. The van der Waals surface area contributed by atoms with Crippen LogP contribution in [0.2, 0.25) is 0 Å². The number of fused-ring (bicyclic) bond motifs is 5. The Labute approximate surface area is 146 Å². The van der Waals surface area contributed by atoms with Crippen LogP contribution in [-0.2, 0) is 14.3 Å². The maximum absolute atomic E-state index is 11.9. The van der Waals surface area contributed by atoms with E-state index in [0.717, 1.165) is 24.2 Å². The lowest BCUT2D eigenvalue weighted by atomic mass is 9.46. The minimum atomic E-state index is 0.240. The Morgan fingerprint density at radius 3 is 2.75 bits per heavy atom. The molecular weight excluding hydrogens is 300 g/mol. The number of ether oxygens (including phenoxy) is 2. The van der Waals surface area contributed by atoms with Crippen LogP contribution in [0.5, 0.6) is 0 Å². The van der Waals surface area contributed by atoms with Crippen LogP contribution in [0.1, 0.15) is 58.8 Å². The zero-order valence-corrected chi connectivity index (χ0v) is 15.4. The van der Waals surface area contributed by atoms with Crippen LogP contribution in [0, 0.1) is 34.5 Å². The Kier molecular flexibility index (Phi) is 4.16. The predicted octanol–water partition coefficient (Wildman–Crippen LogP) is 4.36. The highest BCUT2D eigenvalue weighted by atomic mass is 16.7. The average Bonchev–Trinajstić information content (AvgIpc) is 2.90. The standard InChI is InChI=1S/C21H32O3/c1-20-10-8-15(22)12-14(20)4-5-16-17-6-7-19(24-13-23-3)21(17,2)11-9-18(16)20/h8,10,14,16-19H,4-7,9,11-13H2,1-3H3/t14?,16?,17?,18?,19-,20-,21-/m0/s1. The van der Waals surface area contributed by atoms with Gasteiger partial charge in [-0.05, 0) is 79.1 Å². The Hall–Kier alpha value is -0.670. The molecule has 4 unspecified atom stereocenters. The van der Waals surface area contributed by atoms with Crippen molar-refractivity contribution in [1.82, 2.24) is 0 Å². The quantitative estimate of drug-likeness (QED) is 0.720. The van der Waals surface area contributed by atoms with Gasteiger partial charge < -0.3 is 9.47 Å². The van der Waals surface area contributed by atoms with Gasteiger partial charge in [-0.2, -0.15) is 0 Å². The number of methoxy groups -OCH3 is 1. The van der Waals surface area contributed by atoms with E-state index in [4.69, 9.17) is 9.47 Å². The second-order valence-corrected chi connectivity index (χ2v) is 9.20. The van der Waals surface area contributed by atoms with Crippen molar-refractivity contribution in [3.63, 3.8) is 0 Å². The Bertz CT molecular complexity index is 541. The second kappa shape index (κ2) is 5.95. The molecule has 0 radical (unpaired) electrons. The van der Waals surface area contributed by atoms with Gasteiger partial charge in [0.05, 0.1) is 6.10 Å². The molecule has 3 saturated carbocycles. The summed E-state index contributed by atoms with van der Waals surface area (Å²) in [5.74, 6) is 3.24. The molecule has 4 rings (SSSR count). The van der Waals surface area contributed by atoms with E-state index in [0.29, 0.717) is 30.0 Å². The van der Waals surface area contributed by atoms with Gasteiger partial charge in [-0.15, -0.1) is 0 Å². The first kappa shape index (κ1) is 16.8. The van der Waals surface area contributed by atoms with Crippen molar-refractivity contribution >= 4 is 5.78 Å². The van der Waals surface area contributed by atoms with E-state index in [1.807, 2.05) is 6.08 Å². The molecule has 3 heteroatoms. The molecule has 0 aromatic rings. The summed E-state index contributed by atoms with van der Waals surface area (Å²) in [6.07, 6.45) is 12.9. The molecule has 4 aliphatic carbocycles. The SMILES string of the molecule is COCO[C@H]1CCC2C3CCC4CC(=O)C=C[C@]4(C)C3CC[C@@]21C. The highest BCUT2D eigenvalue weighted by Crippen LogP contribution is 2.65. The maximum atomic E-state index is 11.9. The molecule has 4 aliphatic rings. The lowest BCUT2D eigenvalue weighted by molar-refractivity contribution is -0.145. The molecule has 7 atom stereocenters. The molecule has 3 fully saturated rings. The van der Waals surface area contributed by atoms with E-state index in [2.05, 4.69) is 19.9 Å². The fraction of sp³-hybridized carbons (Fsp3) is 0.857. The van der Waals surface area contributed by atoms with Gasteiger partial charge in [0, 0.05) is 13.5 Å². The number of hydrogen-bond donors (Lipinski definition) is 0. The number of rotatable bonds is 3. The molecule has 0 N–H and O–H groups in total. The minimum Gasteiger partial charge on any atom is -0.359 e. The largest absolute Gasteiger partial charge is 0.359 e. The van der Waals surface area contributed by atoms with Crippen LogP contribution >= 0.6 is 0 Å². The third kappa shape index (κ3) is 2.34. The molecule has 0 bridgehead atoms. The lowest BCUT2D eigenvalue weighted by Crippen LogP contribution is -2.53. The second-order valence-electron chi connectivity index (χ2n) is 9.20. The van der Waals surface area contributed by atoms with Gasteiger partial charge >= 0.3 is 0 Å². The van der Waals surface area contributed by atoms with Crippen molar-refractivity contribution in [3.8, 4) is 0 Å². The molecule has 3 nitrogen and oxygen atoms in total. The molecule has 0 spiro atoms. The molecule has 0 aromatic carbocycles. The van der Waals surface area contributed by atoms with Crippen molar-refractivity contribution in [1.29, 1.82) is 0 Å². The van der Waals surface area contributed by atoms with Gasteiger partial charge in [-0.1, -0.05) is 19.9 Å². The molecule has 0 aliphatic heterocycles.